The second-order valence-electron chi connectivity index (χ2n) is 14.9. The average molecular weight is 712 g/mol. The van der Waals surface area contributed by atoms with Crippen molar-refractivity contribution in [3.8, 4) is 5.75 Å². The number of nitrogens with one attached hydrogen (secondary N) is 1. The average Bonchev–Trinajstić information content (AvgIpc) is 3.20. The minimum atomic E-state index is -4.05. The molecule has 0 unspecified atom stereocenters. The van der Waals surface area contributed by atoms with Crippen LogP contribution >= 0.6 is 11.6 Å². The molecule has 264 valence electrons. The number of rotatable bonds is 1. The molecule has 2 amide bonds. The van der Waals surface area contributed by atoms with Gasteiger partial charge in [0.1, 0.15) is 11.4 Å². The maximum Gasteiger partial charge on any atom is 0.264 e. The molecule has 2 N–H and O–H groups in total. The van der Waals surface area contributed by atoms with Gasteiger partial charge in [-0.1, -0.05) is 36.7 Å². The van der Waals surface area contributed by atoms with Gasteiger partial charge >= 0.3 is 0 Å². The number of hydrogen-bond donors (Lipinski definition) is 2. The van der Waals surface area contributed by atoms with Crippen molar-refractivity contribution in [3.05, 3.63) is 70.3 Å². The van der Waals surface area contributed by atoms with Gasteiger partial charge < -0.3 is 24.4 Å². The monoisotopic (exact) mass is 711 g/mol. The van der Waals surface area contributed by atoms with Crippen LogP contribution in [0, 0.1) is 17.8 Å². The number of amides is 2. The summed E-state index contributed by atoms with van der Waals surface area (Å²) < 4.78 is 41.8. The van der Waals surface area contributed by atoms with E-state index in [4.69, 9.17) is 21.1 Å². The lowest BCUT2D eigenvalue weighted by molar-refractivity contribution is -0.185. The van der Waals surface area contributed by atoms with Crippen molar-refractivity contribution in [2.45, 2.75) is 74.7 Å². The van der Waals surface area contributed by atoms with E-state index in [1.807, 2.05) is 12.1 Å². The lowest BCUT2D eigenvalue weighted by Gasteiger charge is -2.51. The van der Waals surface area contributed by atoms with E-state index in [2.05, 4.69) is 15.7 Å². The lowest BCUT2D eigenvalue weighted by Crippen LogP contribution is -2.63. The largest absolute Gasteiger partial charge is 0.490 e. The number of ether oxygens (including phenoxy) is 2. The fourth-order valence-electron chi connectivity index (χ4n) is 8.61. The summed E-state index contributed by atoms with van der Waals surface area (Å²) in [6, 6.07) is 11.2. The van der Waals surface area contributed by atoms with Crippen LogP contribution in [0.5, 0.6) is 5.75 Å². The fraction of sp³-hybridized carbons (Fsp3) is 0.568. The van der Waals surface area contributed by atoms with Crippen molar-refractivity contribution in [2.24, 2.45) is 17.8 Å². The number of morpholine rings is 1. The Balaban J connectivity index is 1.34. The molecule has 2 fully saturated rings. The number of sulfonamides is 1. The second kappa shape index (κ2) is 12.9. The molecule has 5 aliphatic rings. The van der Waals surface area contributed by atoms with Crippen molar-refractivity contribution >= 4 is 39.1 Å². The maximum absolute atomic E-state index is 13.5. The molecule has 2 aromatic rings. The molecule has 3 heterocycles. The number of fused-ring (bicyclic) bond motifs is 4. The number of hydrogen-bond acceptors (Lipinski definition) is 8. The SMILES string of the molecule is C[C@@H]1[C@@H](C)C/C=C/[C@](O)([C@H]2OCCN(C)C2=O)[C@@H]2CC[C@H]2CN2C[C@@]3(CCCc4cc(Cl)ccc43)COc3ccc(cc32)C(=O)NS1(=O)=O. The highest BCUT2D eigenvalue weighted by Crippen LogP contribution is 2.49. The maximum atomic E-state index is 13.5. The van der Waals surface area contributed by atoms with Gasteiger partial charge in [-0.2, -0.15) is 0 Å². The Morgan fingerprint density at radius 3 is 2.69 bits per heavy atom. The topological polar surface area (TPSA) is 125 Å². The first-order chi connectivity index (χ1) is 23.3. The van der Waals surface area contributed by atoms with Gasteiger partial charge in [-0.3, -0.25) is 9.59 Å². The van der Waals surface area contributed by atoms with E-state index < -0.39 is 32.9 Å². The molecule has 7 rings (SSSR count). The first-order valence-electron chi connectivity index (χ1n) is 17.4. The number of benzene rings is 2. The number of allylic oxidation sites excluding steroid dienone is 1. The first kappa shape index (κ1) is 34.3. The molecule has 2 bridgehead atoms. The van der Waals surface area contributed by atoms with Crippen molar-refractivity contribution in [2.75, 3.05) is 44.8 Å². The van der Waals surface area contributed by atoms with E-state index in [0.717, 1.165) is 25.7 Å². The van der Waals surface area contributed by atoms with Crippen molar-refractivity contribution < 1.29 is 32.6 Å². The van der Waals surface area contributed by atoms with Gasteiger partial charge in [0.15, 0.2) is 6.10 Å². The minimum Gasteiger partial charge on any atom is -0.490 e. The second-order valence-corrected chi connectivity index (χ2v) is 17.4. The van der Waals surface area contributed by atoms with Gasteiger partial charge in [0.2, 0.25) is 10.0 Å². The number of aryl methyl sites for hydroxylation is 1. The van der Waals surface area contributed by atoms with E-state index in [0.29, 0.717) is 62.1 Å². The summed E-state index contributed by atoms with van der Waals surface area (Å²) in [5.74, 6) is -1.02. The molecular weight excluding hydrogens is 666 g/mol. The summed E-state index contributed by atoms with van der Waals surface area (Å²) in [6.45, 7) is 5.70. The number of nitrogens with zero attached hydrogens (tertiary/aromatic N) is 2. The molecule has 0 aromatic heterocycles. The van der Waals surface area contributed by atoms with Crippen molar-refractivity contribution in [1.82, 2.24) is 9.62 Å². The molecule has 1 saturated carbocycles. The highest BCUT2D eigenvalue weighted by atomic mass is 35.5. The van der Waals surface area contributed by atoms with Crippen LogP contribution in [0.2, 0.25) is 5.02 Å². The van der Waals surface area contributed by atoms with E-state index in [-0.39, 0.29) is 34.6 Å². The summed E-state index contributed by atoms with van der Waals surface area (Å²) >= 11 is 6.44. The normalized spacial score (nSPS) is 35.2. The quantitative estimate of drug-likeness (QED) is 0.416. The van der Waals surface area contributed by atoms with Crippen molar-refractivity contribution in [3.63, 3.8) is 0 Å². The Bertz CT molecular complexity index is 1780. The predicted octanol–water partition coefficient (Wildman–Crippen LogP) is 4.47. The summed E-state index contributed by atoms with van der Waals surface area (Å²) in [5, 5.41) is 12.4. The van der Waals surface area contributed by atoms with Crippen LogP contribution in [0.25, 0.3) is 0 Å². The van der Waals surface area contributed by atoms with Gasteiger partial charge in [0, 0.05) is 42.7 Å². The van der Waals surface area contributed by atoms with Gasteiger partial charge in [-0.15, -0.1) is 0 Å². The highest BCUT2D eigenvalue weighted by molar-refractivity contribution is 7.90. The Hall–Kier alpha value is -3.12. The molecule has 1 spiro atoms. The highest BCUT2D eigenvalue weighted by Gasteiger charge is 2.55. The molecule has 2 aromatic carbocycles. The molecule has 0 radical (unpaired) electrons. The van der Waals surface area contributed by atoms with Crippen LogP contribution in [0.3, 0.4) is 0 Å². The van der Waals surface area contributed by atoms with E-state index in [1.54, 1.807) is 56.1 Å². The number of carbonyl (C=O) groups is 2. The molecule has 2 aliphatic carbocycles. The van der Waals surface area contributed by atoms with Crippen LogP contribution in [0.15, 0.2) is 48.6 Å². The number of likely N-dealkylation sites (N-methyl/N-ethyl adjacent to an activating group) is 1. The first-order valence-corrected chi connectivity index (χ1v) is 19.4. The van der Waals surface area contributed by atoms with E-state index in [1.165, 1.54) is 11.1 Å². The smallest absolute Gasteiger partial charge is 0.264 e. The minimum absolute atomic E-state index is 0.00308. The third kappa shape index (κ3) is 6.15. The third-order valence-corrected chi connectivity index (χ3v) is 14.1. The molecular formula is C37H46ClN3O7S. The Morgan fingerprint density at radius 2 is 1.92 bits per heavy atom. The Morgan fingerprint density at radius 1 is 1.10 bits per heavy atom. The Labute approximate surface area is 293 Å². The molecule has 10 nitrogen and oxygen atoms in total. The zero-order chi connectivity index (χ0) is 34.7. The lowest BCUT2D eigenvalue weighted by atomic mass is 9.62. The number of anilines is 1. The van der Waals surface area contributed by atoms with Crippen LogP contribution in [-0.4, -0.2) is 87.1 Å². The zero-order valence-electron chi connectivity index (χ0n) is 28.4. The molecule has 49 heavy (non-hydrogen) atoms. The number of aliphatic hydroxyl groups is 1. The van der Waals surface area contributed by atoms with Gasteiger partial charge in [-0.25, -0.2) is 13.1 Å². The number of carbonyl (C=O) groups excluding carboxylic acids is 2. The van der Waals surface area contributed by atoms with Crippen LogP contribution in [-0.2, 0) is 31.4 Å². The van der Waals surface area contributed by atoms with Crippen molar-refractivity contribution in [1.29, 1.82) is 0 Å². The molecule has 3 aliphatic heterocycles. The van der Waals surface area contributed by atoms with Gasteiger partial charge in [0.25, 0.3) is 11.8 Å². The molecule has 12 heteroatoms. The fourth-order valence-corrected chi connectivity index (χ4v) is 10.1. The summed E-state index contributed by atoms with van der Waals surface area (Å²) in [5.41, 5.74) is 1.36. The Kier molecular flexibility index (Phi) is 9.03. The molecule has 1 saturated heterocycles. The summed E-state index contributed by atoms with van der Waals surface area (Å²) in [6.07, 6.45) is 7.05. The third-order valence-electron chi connectivity index (χ3n) is 11.9. The molecule has 7 atom stereocenters. The van der Waals surface area contributed by atoms with Gasteiger partial charge in [0.05, 0.1) is 24.2 Å². The van der Waals surface area contributed by atoms with E-state index in [9.17, 15) is 23.1 Å². The standard InChI is InChI=1S/C37H46ClN3O7S/c1-23-6-4-15-37(44,33-35(43)40(3)16-17-47-33)30-11-8-27(30)20-41-21-36(14-5-7-25-18-28(38)10-12-29(25)36)22-48-32-13-9-26(19-31(32)41)34(42)39-49(45,46)24(23)2/h4,9-10,12-13,15,18-19,23-24,27,30,33,44H,5-8,11,14,16-17,20-22H2,1-3H3,(H,39,42)/b15-4+/t23-,24+,27-,30+,33-,36-,37+/m0/s1. The number of halogens is 1. The zero-order valence-corrected chi connectivity index (χ0v) is 29.9. The van der Waals surface area contributed by atoms with Crippen LogP contribution in [0.4, 0.5) is 5.69 Å². The summed E-state index contributed by atoms with van der Waals surface area (Å²) in [4.78, 5) is 30.9. The van der Waals surface area contributed by atoms with Crippen LogP contribution < -0.4 is 14.4 Å². The predicted molar refractivity (Wildman–Crippen MR) is 188 cm³/mol. The van der Waals surface area contributed by atoms with Gasteiger partial charge in [-0.05, 0) is 105 Å². The summed E-state index contributed by atoms with van der Waals surface area (Å²) in [7, 11) is -2.32. The van der Waals surface area contributed by atoms with E-state index >= 15 is 0 Å². The van der Waals surface area contributed by atoms with Crippen LogP contribution in [0.1, 0.15) is 67.4 Å².